The molecule has 2 aliphatic heterocycles. The van der Waals surface area contributed by atoms with Crippen molar-refractivity contribution >= 4 is 5.97 Å². The molecular weight excluding hydrogens is 448 g/mol. The Morgan fingerprint density at radius 1 is 0.848 bits per heavy atom. The molecule has 2 rings (SSSR count). The Kier molecular flexibility index (Phi) is 11.3. The van der Waals surface area contributed by atoms with Gasteiger partial charge in [-0.25, -0.2) is 4.79 Å². The van der Waals surface area contributed by atoms with E-state index >= 15 is 0 Å². The van der Waals surface area contributed by atoms with Crippen LogP contribution in [0.5, 0.6) is 0 Å². The standard InChI is InChI=1S/C20H36O13/c1-2-3-4-5-6-30-19(29)16(28)18-14(26)13(25)17(10(8-22)31-18)33-20-15(27)12(24)11(23)9(7-21)32-20/h9-18,20-28H,2-8H2,1H3/t9-,10-,11+,12+,13-,14-,15-,16?,17-,18-,20?/m1/s1. The van der Waals surface area contributed by atoms with Gasteiger partial charge in [-0.2, -0.15) is 0 Å². The Bertz CT molecular complexity index is 588. The van der Waals surface area contributed by atoms with Crippen LogP contribution in [0.25, 0.3) is 0 Å². The van der Waals surface area contributed by atoms with Gasteiger partial charge in [-0.1, -0.05) is 26.2 Å². The first-order chi connectivity index (χ1) is 15.7. The fraction of sp³-hybridized carbons (Fsp3) is 0.950. The lowest BCUT2D eigenvalue weighted by atomic mass is 9.91. The second kappa shape index (κ2) is 13.2. The molecule has 2 aliphatic rings. The van der Waals surface area contributed by atoms with Crippen molar-refractivity contribution in [3.63, 3.8) is 0 Å². The number of rotatable bonds is 11. The summed E-state index contributed by atoms with van der Waals surface area (Å²) in [6.45, 7) is 0.596. The molecule has 2 heterocycles. The maximum absolute atomic E-state index is 12.1. The van der Waals surface area contributed by atoms with E-state index in [2.05, 4.69) is 0 Å². The highest BCUT2D eigenvalue weighted by Crippen LogP contribution is 2.30. The Morgan fingerprint density at radius 2 is 1.52 bits per heavy atom. The molecule has 0 amide bonds. The lowest BCUT2D eigenvalue weighted by molar-refractivity contribution is -0.344. The van der Waals surface area contributed by atoms with E-state index in [0.29, 0.717) is 6.42 Å². The van der Waals surface area contributed by atoms with Crippen molar-refractivity contribution in [3.05, 3.63) is 0 Å². The van der Waals surface area contributed by atoms with Gasteiger partial charge in [0, 0.05) is 0 Å². The zero-order valence-electron chi connectivity index (χ0n) is 18.4. The van der Waals surface area contributed by atoms with E-state index in [1.54, 1.807) is 0 Å². The normalized spacial score (nSPS) is 40.4. The fourth-order valence-corrected chi connectivity index (χ4v) is 3.80. The van der Waals surface area contributed by atoms with Crippen LogP contribution in [-0.4, -0.2) is 134 Å². The molecule has 2 unspecified atom stereocenters. The topological polar surface area (TPSA) is 216 Å². The fourth-order valence-electron chi connectivity index (χ4n) is 3.80. The number of unbranched alkanes of at least 4 members (excludes halogenated alkanes) is 3. The summed E-state index contributed by atoms with van der Waals surface area (Å²) in [6.07, 6.45) is -14.9. The molecule has 2 saturated heterocycles. The first-order valence-corrected chi connectivity index (χ1v) is 11.1. The summed E-state index contributed by atoms with van der Waals surface area (Å²) >= 11 is 0. The van der Waals surface area contributed by atoms with Gasteiger partial charge in [-0.3, -0.25) is 0 Å². The molecule has 13 heteroatoms. The van der Waals surface area contributed by atoms with Gasteiger partial charge in [0.2, 0.25) is 0 Å². The smallest absolute Gasteiger partial charge is 0.337 e. The predicted octanol–water partition coefficient (Wildman–Crippen LogP) is -3.86. The zero-order valence-corrected chi connectivity index (χ0v) is 18.4. The van der Waals surface area contributed by atoms with Crippen molar-refractivity contribution in [1.82, 2.24) is 0 Å². The number of hydrogen-bond acceptors (Lipinski definition) is 13. The van der Waals surface area contributed by atoms with Gasteiger partial charge in [0.05, 0.1) is 19.8 Å². The van der Waals surface area contributed by atoms with Gasteiger partial charge >= 0.3 is 5.97 Å². The molecule has 11 atom stereocenters. The third-order valence-corrected chi connectivity index (χ3v) is 5.84. The largest absolute Gasteiger partial charge is 0.464 e. The summed E-state index contributed by atoms with van der Waals surface area (Å²) < 4.78 is 21.0. The minimum absolute atomic E-state index is 0.0630. The second-order valence-corrected chi connectivity index (χ2v) is 8.27. The molecule has 0 aromatic rings. The number of hydrogen-bond donors (Lipinski definition) is 8. The maximum Gasteiger partial charge on any atom is 0.337 e. The van der Waals surface area contributed by atoms with Gasteiger partial charge in [0.15, 0.2) is 12.4 Å². The number of aliphatic hydroxyl groups excluding tert-OH is 8. The van der Waals surface area contributed by atoms with E-state index in [9.17, 15) is 45.6 Å². The Labute approximate surface area is 191 Å². The summed E-state index contributed by atoms with van der Waals surface area (Å²) in [5.74, 6) is -1.06. The van der Waals surface area contributed by atoms with Crippen LogP contribution in [0.4, 0.5) is 0 Å². The molecule has 33 heavy (non-hydrogen) atoms. The van der Waals surface area contributed by atoms with E-state index in [-0.39, 0.29) is 6.61 Å². The quantitative estimate of drug-likeness (QED) is 0.104. The van der Waals surface area contributed by atoms with Crippen LogP contribution in [0, 0.1) is 0 Å². The molecule has 194 valence electrons. The van der Waals surface area contributed by atoms with Crippen LogP contribution >= 0.6 is 0 Å². The van der Waals surface area contributed by atoms with Crippen molar-refractivity contribution in [1.29, 1.82) is 0 Å². The highest BCUT2D eigenvalue weighted by molar-refractivity contribution is 5.75. The van der Waals surface area contributed by atoms with Crippen LogP contribution in [0.2, 0.25) is 0 Å². The zero-order chi connectivity index (χ0) is 24.7. The molecule has 0 aromatic heterocycles. The highest BCUT2D eigenvalue weighted by atomic mass is 16.7. The monoisotopic (exact) mass is 484 g/mol. The maximum atomic E-state index is 12.1. The predicted molar refractivity (Wildman–Crippen MR) is 108 cm³/mol. The molecule has 0 bridgehead atoms. The molecule has 0 spiro atoms. The highest BCUT2D eigenvalue weighted by Gasteiger charge is 2.52. The second-order valence-electron chi connectivity index (χ2n) is 8.27. The molecule has 8 N–H and O–H groups in total. The van der Waals surface area contributed by atoms with Gasteiger partial charge < -0.3 is 59.8 Å². The van der Waals surface area contributed by atoms with Crippen molar-refractivity contribution in [2.75, 3.05) is 19.8 Å². The molecule has 0 aliphatic carbocycles. The summed E-state index contributed by atoms with van der Waals surface area (Å²) in [7, 11) is 0. The lowest BCUT2D eigenvalue weighted by Crippen LogP contribution is -2.66. The van der Waals surface area contributed by atoms with E-state index in [1.807, 2.05) is 6.92 Å². The number of aliphatic hydroxyl groups is 8. The van der Waals surface area contributed by atoms with Crippen molar-refractivity contribution in [2.24, 2.45) is 0 Å². The van der Waals surface area contributed by atoms with Gasteiger partial charge in [0.1, 0.15) is 54.9 Å². The third-order valence-electron chi connectivity index (χ3n) is 5.84. The summed E-state index contributed by atoms with van der Waals surface area (Å²) in [5, 5.41) is 80.1. The van der Waals surface area contributed by atoms with Crippen LogP contribution in [0.1, 0.15) is 32.6 Å². The molecule has 13 nitrogen and oxygen atoms in total. The summed E-state index contributed by atoms with van der Waals surface area (Å²) in [4.78, 5) is 12.1. The van der Waals surface area contributed by atoms with E-state index in [1.165, 1.54) is 0 Å². The average molecular weight is 484 g/mol. The SMILES string of the molecule is CCCCCCOC(=O)C(O)[C@@H]1O[C@H](CO)[C@@H](OC2O[C@H](CO)[C@H](O)[C@H](O)[C@H]2O)[C@H](O)[C@H]1O. The molecule has 0 saturated carbocycles. The van der Waals surface area contributed by atoms with Gasteiger partial charge in [-0.15, -0.1) is 0 Å². The van der Waals surface area contributed by atoms with Crippen LogP contribution < -0.4 is 0 Å². The summed E-state index contributed by atoms with van der Waals surface area (Å²) in [6, 6.07) is 0. The van der Waals surface area contributed by atoms with E-state index in [0.717, 1.165) is 19.3 Å². The van der Waals surface area contributed by atoms with E-state index < -0.39 is 86.5 Å². The Hall–Kier alpha value is -0.970. The Morgan fingerprint density at radius 3 is 2.12 bits per heavy atom. The summed E-state index contributed by atoms with van der Waals surface area (Å²) in [5.41, 5.74) is 0. The number of esters is 1. The average Bonchev–Trinajstić information content (AvgIpc) is 2.81. The van der Waals surface area contributed by atoms with Crippen molar-refractivity contribution in [3.8, 4) is 0 Å². The van der Waals surface area contributed by atoms with Gasteiger partial charge in [0.25, 0.3) is 0 Å². The van der Waals surface area contributed by atoms with Crippen LogP contribution in [0.15, 0.2) is 0 Å². The number of ether oxygens (including phenoxy) is 4. The van der Waals surface area contributed by atoms with Gasteiger partial charge in [-0.05, 0) is 6.42 Å². The Balaban J connectivity index is 2.02. The van der Waals surface area contributed by atoms with Crippen LogP contribution in [0.3, 0.4) is 0 Å². The number of carbonyl (C=O) groups is 1. The first-order valence-electron chi connectivity index (χ1n) is 11.1. The lowest BCUT2D eigenvalue weighted by Gasteiger charge is -2.46. The molecule has 2 fully saturated rings. The minimum Gasteiger partial charge on any atom is -0.464 e. The third kappa shape index (κ3) is 6.80. The van der Waals surface area contributed by atoms with E-state index in [4.69, 9.17) is 18.9 Å². The van der Waals surface area contributed by atoms with Crippen LogP contribution in [-0.2, 0) is 23.7 Å². The molecular formula is C20H36O13. The number of carbonyl (C=O) groups excluding carboxylic acids is 1. The molecule has 0 aromatic carbocycles. The first kappa shape index (κ1) is 28.3. The minimum atomic E-state index is -1.96. The molecule has 0 radical (unpaired) electrons. The van der Waals surface area contributed by atoms with Crippen molar-refractivity contribution < 1.29 is 64.6 Å². The van der Waals surface area contributed by atoms with Crippen molar-refractivity contribution in [2.45, 2.75) is 99.9 Å².